The molecule has 2 aliphatic rings. The first-order valence-corrected chi connectivity index (χ1v) is 8.18. The Labute approximate surface area is 159 Å². The molecule has 13 heteroatoms. The van der Waals surface area contributed by atoms with Crippen molar-refractivity contribution in [2.75, 3.05) is 6.61 Å². The Kier molecular flexibility index (Phi) is 5.47. The maximum absolute atomic E-state index is 13.5. The number of rotatable bonds is 4. The first-order chi connectivity index (χ1) is 13.4. The van der Waals surface area contributed by atoms with Crippen molar-refractivity contribution in [3.8, 4) is 5.75 Å². The summed E-state index contributed by atoms with van der Waals surface area (Å²) < 4.78 is 80.1. The molecule has 1 aliphatic carbocycles. The molecule has 0 bridgehead atoms. The lowest BCUT2D eigenvalue weighted by molar-refractivity contribution is -0.392. The van der Waals surface area contributed by atoms with Crippen LogP contribution in [0.5, 0.6) is 5.75 Å². The van der Waals surface area contributed by atoms with Crippen molar-refractivity contribution in [3.05, 3.63) is 29.1 Å². The van der Waals surface area contributed by atoms with Crippen molar-refractivity contribution < 1.29 is 61.4 Å². The molecule has 1 saturated heterocycles. The summed E-state index contributed by atoms with van der Waals surface area (Å²) in [7, 11) is 0. The number of aliphatic hydroxyl groups is 4. The van der Waals surface area contributed by atoms with Crippen LogP contribution < -0.4 is 4.74 Å². The summed E-state index contributed by atoms with van der Waals surface area (Å²) >= 11 is 0. The molecule has 162 valence electrons. The summed E-state index contributed by atoms with van der Waals surface area (Å²) in [5, 5.41) is 40.1. The minimum absolute atomic E-state index is 0.869. The van der Waals surface area contributed by atoms with Gasteiger partial charge in [-0.25, -0.2) is 18.0 Å². The molecule has 1 aromatic rings. The van der Waals surface area contributed by atoms with Crippen LogP contribution in [0.3, 0.4) is 0 Å². The van der Waals surface area contributed by atoms with Gasteiger partial charge in [-0.2, -0.15) is 8.78 Å². The number of halogens is 5. The van der Waals surface area contributed by atoms with Gasteiger partial charge >= 0.3 is 5.97 Å². The molecule has 29 heavy (non-hydrogen) atoms. The van der Waals surface area contributed by atoms with E-state index in [-0.39, 0.29) is 0 Å². The second kappa shape index (κ2) is 7.32. The van der Waals surface area contributed by atoms with Gasteiger partial charge in [0.2, 0.25) is 35.4 Å². The summed E-state index contributed by atoms with van der Waals surface area (Å²) in [6, 6.07) is 0. The first kappa shape index (κ1) is 21.6. The van der Waals surface area contributed by atoms with Crippen molar-refractivity contribution in [2.45, 2.75) is 43.2 Å². The maximum atomic E-state index is 13.5. The largest absolute Gasteiger partial charge is 0.476 e. The van der Waals surface area contributed by atoms with Crippen LogP contribution in [-0.2, 0) is 14.3 Å². The topological polar surface area (TPSA) is 126 Å². The third-order valence-electron chi connectivity index (χ3n) is 5.12. The molecule has 1 aliphatic heterocycles. The smallest absolute Gasteiger partial charge is 0.346 e. The lowest BCUT2D eigenvalue weighted by Gasteiger charge is -2.60. The van der Waals surface area contributed by atoms with Gasteiger partial charge in [-0.05, 0) is 0 Å². The number of fused-ring (bicyclic) bond motifs is 1. The van der Waals surface area contributed by atoms with Gasteiger partial charge in [0.25, 0.3) is 0 Å². The van der Waals surface area contributed by atoms with Gasteiger partial charge in [0, 0.05) is 5.92 Å². The average Bonchev–Trinajstić information content (AvgIpc) is 2.70. The lowest BCUT2D eigenvalue weighted by Crippen LogP contribution is -2.81. The number of benzene rings is 1. The summed E-state index contributed by atoms with van der Waals surface area (Å²) in [6.07, 6.45) is -8.43. The Morgan fingerprint density at radius 2 is 1.52 bits per heavy atom. The Bertz CT molecular complexity index is 805. The standard InChI is InChI=1S/C16H15F5O8/c1-3-10(23)14-16(3,26)13(25)11(24)15(29-14)28-4(22)2-27-12-8(20)6(18)5(17)7(19)9(12)21/h3,10-11,13-15,23-26H,2H2,1H3/t3?,10?,11-,13-,14-,15-,16+/m1/s1. The number of ether oxygens (including phenoxy) is 3. The fraction of sp³-hybridized carbons (Fsp3) is 0.562. The van der Waals surface area contributed by atoms with Crippen molar-refractivity contribution in [1.82, 2.24) is 0 Å². The monoisotopic (exact) mass is 430 g/mol. The molecule has 1 saturated carbocycles. The van der Waals surface area contributed by atoms with Crippen LogP contribution in [0.15, 0.2) is 0 Å². The molecule has 4 N–H and O–H groups in total. The Morgan fingerprint density at radius 1 is 1.00 bits per heavy atom. The molecule has 0 aromatic heterocycles. The van der Waals surface area contributed by atoms with Crippen LogP contribution in [0.4, 0.5) is 22.0 Å². The number of aliphatic hydroxyl groups excluding tert-OH is 3. The third kappa shape index (κ3) is 3.13. The molecule has 2 fully saturated rings. The summed E-state index contributed by atoms with van der Waals surface area (Å²) in [5.41, 5.74) is -2.01. The van der Waals surface area contributed by atoms with Crippen molar-refractivity contribution in [3.63, 3.8) is 0 Å². The molecule has 0 radical (unpaired) electrons. The second-order valence-corrected chi connectivity index (χ2v) is 6.70. The third-order valence-corrected chi connectivity index (χ3v) is 5.12. The second-order valence-electron chi connectivity index (χ2n) is 6.70. The molecule has 8 nitrogen and oxygen atoms in total. The van der Waals surface area contributed by atoms with Crippen LogP contribution in [0.25, 0.3) is 0 Å². The maximum Gasteiger partial charge on any atom is 0.346 e. The van der Waals surface area contributed by atoms with Crippen LogP contribution in [-0.4, -0.2) is 69.3 Å². The van der Waals surface area contributed by atoms with Crippen LogP contribution >= 0.6 is 0 Å². The fourth-order valence-electron chi connectivity index (χ4n) is 3.33. The predicted molar refractivity (Wildman–Crippen MR) is 78.6 cm³/mol. The molecular weight excluding hydrogens is 415 g/mol. The number of carbonyl (C=O) groups excluding carboxylic acids is 1. The Morgan fingerprint density at radius 3 is 2.07 bits per heavy atom. The van der Waals surface area contributed by atoms with E-state index in [1.807, 2.05) is 0 Å². The van der Waals surface area contributed by atoms with E-state index in [2.05, 4.69) is 9.47 Å². The Balaban J connectivity index is 1.67. The van der Waals surface area contributed by atoms with E-state index in [1.54, 1.807) is 0 Å². The molecule has 0 amide bonds. The van der Waals surface area contributed by atoms with E-state index in [9.17, 15) is 47.2 Å². The highest BCUT2D eigenvalue weighted by atomic mass is 19.2. The molecular formula is C16H15F5O8. The minimum atomic E-state index is -2.41. The van der Waals surface area contributed by atoms with E-state index in [0.29, 0.717) is 0 Å². The highest BCUT2D eigenvalue weighted by molar-refractivity contribution is 5.71. The van der Waals surface area contributed by atoms with E-state index in [4.69, 9.17) is 4.74 Å². The van der Waals surface area contributed by atoms with E-state index < -0.39 is 89.6 Å². The van der Waals surface area contributed by atoms with Crippen molar-refractivity contribution >= 4 is 5.97 Å². The zero-order valence-electron chi connectivity index (χ0n) is 14.5. The number of hydrogen-bond donors (Lipinski definition) is 4. The SMILES string of the molecule is CC1C(O)[C@H]2O[C@@H](OC(=O)COc3c(F)c(F)c(F)c(F)c3F)[C@H](O)[C@@H](O)[C@@]12O. The lowest BCUT2D eigenvalue weighted by atomic mass is 9.60. The van der Waals surface area contributed by atoms with E-state index in [1.165, 1.54) is 6.92 Å². The van der Waals surface area contributed by atoms with E-state index in [0.717, 1.165) is 0 Å². The van der Waals surface area contributed by atoms with Gasteiger partial charge in [0.1, 0.15) is 23.9 Å². The molecule has 2 unspecified atom stereocenters. The van der Waals surface area contributed by atoms with Crippen LogP contribution in [0.2, 0.25) is 0 Å². The van der Waals surface area contributed by atoms with Crippen LogP contribution in [0, 0.1) is 35.0 Å². The zero-order valence-corrected chi connectivity index (χ0v) is 14.5. The molecule has 1 aromatic carbocycles. The normalized spacial score (nSPS) is 36.2. The molecule has 0 spiro atoms. The highest BCUT2D eigenvalue weighted by Crippen LogP contribution is 2.48. The summed E-state index contributed by atoms with van der Waals surface area (Å²) in [6.45, 7) is 0.0274. The van der Waals surface area contributed by atoms with Gasteiger partial charge in [0.15, 0.2) is 12.4 Å². The van der Waals surface area contributed by atoms with Gasteiger partial charge in [0.05, 0.1) is 6.10 Å². The molecule has 3 rings (SSSR count). The minimum Gasteiger partial charge on any atom is -0.476 e. The Hall–Kier alpha value is -2.06. The number of hydrogen-bond acceptors (Lipinski definition) is 8. The average molecular weight is 430 g/mol. The van der Waals surface area contributed by atoms with Gasteiger partial charge in [-0.15, -0.1) is 0 Å². The van der Waals surface area contributed by atoms with Gasteiger partial charge in [-0.1, -0.05) is 6.92 Å². The molecule has 1 heterocycles. The zero-order chi connectivity index (χ0) is 21.8. The van der Waals surface area contributed by atoms with Gasteiger partial charge in [-0.3, -0.25) is 0 Å². The predicted octanol–water partition coefficient (Wildman–Crippen LogP) is -0.508. The summed E-state index contributed by atoms with van der Waals surface area (Å²) in [4.78, 5) is 11.8. The van der Waals surface area contributed by atoms with Crippen molar-refractivity contribution in [2.24, 2.45) is 5.92 Å². The van der Waals surface area contributed by atoms with Crippen LogP contribution in [0.1, 0.15) is 6.92 Å². The quantitative estimate of drug-likeness (QED) is 0.218. The number of esters is 1. The summed E-state index contributed by atoms with van der Waals surface area (Å²) in [5.74, 6) is -15.7. The number of carbonyl (C=O) groups is 1. The first-order valence-electron chi connectivity index (χ1n) is 8.18. The highest BCUT2D eigenvalue weighted by Gasteiger charge is 2.69. The van der Waals surface area contributed by atoms with Gasteiger partial charge < -0.3 is 34.6 Å². The van der Waals surface area contributed by atoms with Crippen molar-refractivity contribution in [1.29, 1.82) is 0 Å². The molecule has 7 atom stereocenters. The van der Waals surface area contributed by atoms with E-state index >= 15 is 0 Å². The fourth-order valence-corrected chi connectivity index (χ4v) is 3.33.